The lowest BCUT2D eigenvalue weighted by molar-refractivity contribution is -0.384. The summed E-state index contributed by atoms with van der Waals surface area (Å²) in [5, 5.41) is 12.9. The van der Waals surface area contributed by atoms with Crippen LogP contribution in [0, 0.1) is 10.1 Å². The van der Waals surface area contributed by atoms with Crippen LogP contribution in [0.2, 0.25) is 0 Å². The molecule has 4 aromatic carbocycles. The van der Waals surface area contributed by atoms with E-state index in [0.717, 1.165) is 16.3 Å². The highest BCUT2D eigenvalue weighted by Crippen LogP contribution is 2.35. The molecule has 5 aromatic rings. The number of hydrogen-bond donors (Lipinski definition) is 0. The van der Waals surface area contributed by atoms with Crippen LogP contribution >= 0.6 is 11.3 Å². The molecule has 0 N–H and O–H groups in total. The number of rotatable bonds is 11. The molecule has 2 heterocycles. The summed E-state index contributed by atoms with van der Waals surface area (Å²) in [7, 11) is 1.29. The third-order valence-electron chi connectivity index (χ3n) is 7.76. The van der Waals surface area contributed by atoms with E-state index in [0.29, 0.717) is 50.9 Å². The zero-order chi connectivity index (χ0) is 33.8. The van der Waals surface area contributed by atoms with Gasteiger partial charge in [-0.25, -0.2) is 9.79 Å². The highest BCUT2D eigenvalue weighted by molar-refractivity contribution is 7.07. The fraction of sp³-hybridized carbons (Fsp3) is 0.194. The first kappa shape index (κ1) is 32.2. The maximum atomic E-state index is 14.3. The Morgan fingerprint density at radius 1 is 0.958 bits per heavy atom. The molecule has 244 valence electrons. The first-order valence-electron chi connectivity index (χ1n) is 15.2. The molecule has 1 atom stereocenters. The largest absolute Gasteiger partial charge is 0.490 e. The number of methoxy groups -OCH3 is 1. The van der Waals surface area contributed by atoms with Crippen LogP contribution in [0.4, 0.5) is 5.69 Å². The van der Waals surface area contributed by atoms with Crippen molar-refractivity contribution in [3.63, 3.8) is 0 Å². The first-order valence-corrected chi connectivity index (χ1v) is 16.0. The molecule has 0 aliphatic carbocycles. The summed E-state index contributed by atoms with van der Waals surface area (Å²) in [6, 6.07) is 22.2. The van der Waals surface area contributed by atoms with Crippen molar-refractivity contribution < 1.29 is 28.7 Å². The van der Waals surface area contributed by atoms with Gasteiger partial charge in [0.25, 0.3) is 11.2 Å². The number of carbonyl (C=O) groups is 1. The van der Waals surface area contributed by atoms with Crippen molar-refractivity contribution in [1.82, 2.24) is 4.57 Å². The Morgan fingerprint density at radius 2 is 1.69 bits per heavy atom. The topological polar surface area (TPSA) is 131 Å². The summed E-state index contributed by atoms with van der Waals surface area (Å²) in [6.07, 6.45) is 3.22. The third-order valence-corrected chi connectivity index (χ3v) is 8.75. The van der Waals surface area contributed by atoms with Gasteiger partial charge in [-0.2, -0.15) is 0 Å². The van der Waals surface area contributed by atoms with Crippen LogP contribution in [0.5, 0.6) is 17.2 Å². The molecule has 48 heavy (non-hydrogen) atoms. The van der Waals surface area contributed by atoms with Gasteiger partial charge in [-0.3, -0.25) is 19.5 Å². The Balaban J connectivity index is 1.47. The number of nitrogens with zero attached hydrogens (tertiary/aromatic N) is 3. The molecule has 11 nitrogen and oxygen atoms in total. The van der Waals surface area contributed by atoms with E-state index in [-0.39, 0.29) is 23.4 Å². The standard InChI is InChI=1S/C36H31N3O8S/c1-4-45-30-17-13-24(18-31(30)46-5-2)33-28(35(41)44-3)20-37-36-38(33)34(40)32(48-36)19-27-26-9-7-6-8-23(26)12-16-29(27)47-21-22-10-14-25(15-11-22)39(42)43/h6-20,33H,4-5,21H2,1-3H3/b32-19+/t33-/m0/s1. The minimum atomic E-state index is -0.837. The van der Waals surface area contributed by atoms with Crippen molar-refractivity contribution in [3.8, 4) is 17.2 Å². The number of nitro groups is 1. The highest BCUT2D eigenvalue weighted by Gasteiger charge is 2.31. The molecule has 1 aliphatic heterocycles. The highest BCUT2D eigenvalue weighted by atomic mass is 32.1. The Kier molecular flexibility index (Phi) is 9.35. The number of esters is 1. The van der Waals surface area contributed by atoms with E-state index in [1.807, 2.05) is 50.2 Å². The fourth-order valence-corrected chi connectivity index (χ4v) is 6.49. The quantitative estimate of drug-likeness (QED) is 0.103. The molecule has 0 radical (unpaired) electrons. The molecule has 0 amide bonds. The van der Waals surface area contributed by atoms with Crippen molar-refractivity contribution in [2.75, 3.05) is 20.3 Å². The Labute approximate surface area is 278 Å². The predicted octanol–water partition coefficient (Wildman–Crippen LogP) is 5.46. The van der Waals surface area contributed by atoms with Crippen LogP contribution in [-0.2, 0) is 16.1 Å². The zero-order valence-corrected chi connectivity index (χ0v) is 27.2. The molecule has 6 rings (SSSR count). The van der Waals surface area contributed by atoms with Crippen LogP contribution in [0.3, 0.4) is 0 Å². The molecular formula is C36H31N3O8S. The predicted molar refractivity (Wildman–Crippen MR) is 181 cm³/mol. The average Bonchev–Trinajstić information content (AvgIpc) is 3.42. The summed E-state index contributed by atoms with van der Waals surface area (Å²) in [6.45, 7) is 4.73. The van der Waals surface area contributed by atoms with Gasteiger partial charge in [0.15, 0.2) is 16.3 Å². The number of hydrogen-bond acceptors (Lipinski definition) is 10. The lowest BCUT2D eigenvalue weighted by Gasteiger charge is -2.23. The van der Waals surface area contributed by atoms with E-state index < -0.39 is 16.9 Å². The van der Waals surface area contributed by atoms with Crippen molar-refractivity contribution in [2.45, 2.75) is 26.5 Å². The number of nitro benzene ring substituents is 1. The fourth-order valence-electron chi connectivity index (χ4n) is 5.54. The minimum Gasteiger partial charge on any atom is -0.490 e. The minimum absolute atomic E-state index is 0.00599. The van der Waals surface area contributed by atoms with E-state index in [2.05, 4.69) is 4.99 Å². The first-order chi connectivity index (χ1) is 23.3. The van der Waals surface area contributed by atoms with E-state index in [1.165, 1.54) is 41.3 Å². The Morgan fingerprint density at radius 3 is 2.42 bits per heavy atom. The number of non-ortho nitro benzene ring substituents is 1. The molecule has 0 spiro atoms. The van der Waals surface area contributed by atoms with Gasteiger partial charge in [0.1, 0.15) is 12.4 Å². The van der Waals surface area contributed by atoms with Gasteiger partial charge in [-0.05, 0) is 72.2 Å². The average molecular weight is 666 g/mol. The molecule has 0 bridgehead atoms. The van der Waals surface area contributed by atoms with Crippen LogP contribution in [0.25, 0.3) is 16.8 Å². The van der Waals surface area contributed by atoms with Crippen molar-refractivity contribution in [1.29, 1.82) is 0 Å². The third kappa shape index (κ3) is 6.29. The molecule has 1 aromatic heterocycles. The summed E-state index contributed by atoms with van der Waals surface area (Å²) in [5.41, 5.74) is 1.89. The lowest BCUT2D eigenvalue weighted by atomic mass is 9.97. The van der Waals surface area contributed by atoms with Crippen LogP contribution in [0.1, 0.15) is 36.6 Å². The zero-order valence-electron chi connectivity index (χ0n) is 26.4. The van der Waals surface area contributed by atoms with Gasteiger partial charge < -0.3 is 18.9 Å². The lowest BCUT2D eigenvalue weighted by Crippen LogP contribution is -2.39. The number of aromatic nitrogens is 1. The molecule has 0 fully saturated rings. The second-order valence-electron chi connectivity index (χ2n) is 10.7. The summed E-state index contributed by atoms with van der Waals surface area (Å²) < 4.78 is 24.8. The maximum absolute atomic E-state index is 14.3. The summed E-state index contributed by atoms with van der Waals surface area (Å²) in [4.78, 5) is 42.8. The van der Waals surface area contributed by atoms with Gasteiger partial charge in [-0.15, -0.1) is 0 Å². The normalized spacial score (nSPS) is 14.1. The van der Waals surface area contributed by atoms with Crippen molar-refractivity contribution in [3.05, 3.63) is 137 Å². The van der Waals surface area contributed by atoms with Gasteiger partial charge >= 0.3 is 5.97 Å². The summed E-state index contributed by atoms with van der Waals surface area (Å²) in [5.74, 6) is 0.959. The van der Waals surface area contributed by atoms with E-state index in [4.69, 9.17) is 18.9 Å². The number of benzene rings is 4. The second kappa shape index (κ2) is 13.9. The van der Waals surface area contributed by atoms with Crippen LogP contribution in [-0.4, -0.2) is 35.8 Å². The molecule has 0 saturated carbocycles. The van der Waals surface area contributed by atoms with Gasteiger partial charge in [0, 0.05) is 23.9 Å². The van der Waals surface area contributed by atoms with E-state index in [1.54, 1.807) is 36.4 Å². The molecule has 0 saturated heterocycles. The van der Waals surface area contributed by atoms with Crippen molar-refractivity contribution >= 4 is 39.8 Å². The Bertz CT molecular complexity index is 2240. The number of ether oxygens (including phenoxy) is 4. The van der Waals surface area contributed by atoms with Gasteiger partial charge in [0.2, 0.25) is 0 Å². The maximum Gasteiger partial charge on any atom is 0.337 e. The van der Waals surface area contributed by atoms with Crippen LogP contribution in [0.15, 0.2) is 100 Å². The molecular weight excluding hydrogens is 634 g/mol. The van der Waals surface area contributed by atoms with Crippen LogP contribution < -0.4 is 29.1 Å². The number of carbonyl (C=O) groups excluding carboxylic acids is 1. The van der Waals surface area contributed by atoms with E-state index >= 15 is 0 Å². The SMILES string of the molecule is CCOc1ccc([C@H]2C(C(=O)OC)=CN=c3s/c(=C/c4c(OCc5ccc([N+](=O)[O-])cc5)ccc5ccccc45)c(=O)n32)cc1OCC. The summed E-state index contributed by atoms with van der Waals surface area (Å²) >= 11 is 1.19. The van der Waals surface area contributed by atoms with E-state index in [9.17, 15) is 19.7 Å². The smallest absolute Gasteiger partial charge is 0.337 e. The number of thiazole rings is 1. The van der Waals surface area contributed by atoms with Crippen molar-refractivity contribution in [2.24, 2.45) is 4.99 Å². The molecule has 1 aliphatic rings. The Hall–Kier alpha value is -5.75. The molecule has 0 unspecified atom stereocenters. The monoisotopic (exact) mass is 665 g/mol. The van der Waals surface area contributed by atoms with Gasteiger partial charge in [0.05, 0.1) is 41.4 Å². The second-order valence-corrected chi connectivity index (χ2v) is 11.7. The molecule has 12 heteroatoms. The number of fused-ring (bicyclic) bond motifs is 2. The van der Waals surface area contributed by atoms with Gasteiger partial charge in [-0.1, -0.05) is 47.7 Å².